The second-order valence-corrected chi connectivity index (χ2v) is 6.39. The van der Waals surface area contributed by atoms with Crippen LogP contribution in [0.15, 0.2) is 51.7 Å². The van der Waals surface area contributed by atoms with Gasteiger partial charge in [0.05, 0.1) is 5.57 Å². The summed E-state index contributed by atoms with van der Waals surface area (Å²) in [6.45, 7) is 0. The Hall–Kier alpha value is -4.66. The molecule has 6 N–H and O–H groups in total. The number of hydrogen-bond acceptors (Lipinski definition) is 8. The molecule has 0 saturated heterocycles. The molecule has 0 aliphatic carbocycles. The third-order valence-corrected chi connectivity index (χ3v) is 4.20. The van der Waals surface area contributed by atoms with E-state index in [0.717, 1.165) is 24.3 Å². The van der Waals surface area contributed by atoms with Crippen molar-refractivity contribution >= 4 is 29.8 Å². The highest BCUT2D eigenvalue weighted by atomic mass is 16.4. The zero-order valence-electron chi connectivity index (χ0n) is 15.7. The van der Waals surface area contributed by atoms with Gasteiger partial charge in [0.2, 0.25) is 0 Å². The molecule has 3 aromatic rings. The van der Waals surface area contributed by atoms with E-state index in [4.69, 9.17) is 4.42 Å². The van der Waals surface area contributed by atoms with Gasteiger partial charge in [0.25, 0.3) is 0 Å². The molecule has 0 unspecified atom stereocenters. The zero-order chi connectivity index (χ0) is 22.7. The van der Waals surface area contributed by atoms with Crippen molar-refractivity contribution < 1.29 is 39.9 Å². The lowest BCUT2D eigenvalue weighted by Gasteiger charge is -2.06. The molecule has 0 amide bonds. The van der Waals surface area contributed by atoms with Crippen molar-refractivity contribution in [3.63, 3.8) is 0 Å². The summed E-state index contributed by atoms with van der Waals surface area (Å²) in [6.07, 6.45) is 3.77. The third kappa shape index (κ3) is 4.67. The molecule has 0 radical (unpaired) electrons. The number of carboxylic acids is 1. The van der Waals surface area contributed by atoms with Gasteiger partial charge in [-0.2, -0.15) is 0 Å². The van der Waals surface area contributed by atoms with Gasteiger partial charge in [-0.3, -0.25) is 0 Å². The number of aliphatic carboxylic acids is 1. The minimum atomic E-state index is -1.53. The van der Waals surface area contributed by atoms with Crippen molar-refractivity contribution in [2.24, 2.45) is 0 Å². The van der Waals surface area contributed by atoms with Gasteiger partial charge in [-0.25, -0.2) is 9.59 Å². The summed E-state index contributed by atoms with van der Waals surface area (Å²) >= 11 is 0. The number of carboxylic acid groups (broad SMARTS) is 1. The van der Waals surface area contributed by atoms with E-state index in [2.05, 4.69) is 0 Å². The minimum absolute atomic E-state index is 0.0918. The van der Waals surface area contributed by atoms with Crippen LogP contribution in [0.1, 0.15) is 22.5 Å². The van der Waals surface area contributed by atoms with Crippen LogP contribution in [-0.4, -0.2) is 36.6 Å². The van der Waals surface area contributed by atoms with Gasteiger partial charge in [0.1, 0.15) is 17.1 Å². The molecule has 158 valence electrons. The topological polar surface area (TPSA) is 169 Å². The van der Waals surface area contributed by atoms with Crippen molar-refractivity contribution in [3.05, 3.63) is 75.3 Å². The van der Waals surface area contributed by atoms with Gasteiger partial charge in [0.15, 0.2) is 23.0 Å². The maximum absolute atomic E-state index is 12.4. The average Bonchev–Trinajstić information content (AvgIpc) is 2.70. The van der Waals surface area contributed by atoms with E-state index in [1.54, 1.807) is 0 Å². The number of benzene rings is 2. The molecular formula is C22H16O9. The maximum Gasteiger partial charge on any atom is 0.348 e. The molecule has 0 aliphatic rings. The standard InChI is InChI=1S/C22H16O9/c23-15-5-2-11(8-17(15)25)1-4-13-10-19(27)20(22(30)31-13)14(21(28)29)7-12-3-6-16(24)18(26)9-12/h1-10,23-27H,(H,28,29)/b4-1+,14-7-. The van der Waals surface area contributed by atoms with Crippen LogP contribution in [0.4, 0.5) is 0 Å². The fraction of sp³-hybridized carbons (Fsp3) is 0. The van der Waals surface area contributed by atoms with Crippen LogP contribution in [-0.2, 0) is 4.79 Å². The molecule has 1 aromatic heterocycles. The van der Waals surface area contributed by atoms with E-state index in [1.165, 1.54) is 36.4 Å². The van der Waals surface area contributed by atoms with E-state index in [0.29, 0.717) is 5.56 Å². The molecule has 0 fully saturated rings. The first-order chi connectivity index (χ1) is 14.7. The smallest absolute Gasteiger partial charge is 0.348 e. The molecule has 9 nitrogen and oxygen atoms in total. The second kappa shape index (κ2) is 8.37. The first kappa shape index (κ1) is 21.1. The normalized spacial score (nSPS) is 11.7. The van der Waals surface area contributed by atoms with Crippen molar-refractivity contribution in [2.75, 3.05) is 0 Å². The maximum atomic E-state index is 12.4. The van der Waals surface area contributed by atoms with Crippen LogP contribution in [0.25, 0.3) is 23.8 Å². The van der Waals surface area contributed by atoms with Gasteiger partial charge in [0, 0.05) is 6.07 Å². The Kier molecular flexibility index (Phi) is 5.69. The van der Waals surface area contributed by atoms with Gasteiger partial charge < -0.3 is 35.1 Å². The summed E-state index contributed by atoms with van der Waals surface area (Å²) in [6, 6.07) is 8.57. The number of rotatable bonds is 5. The highest BCUT2D eigenvalue weighted by molar-refractivity contribution is 6.21. The van der Waals surface area contributed by atoms with Gasteiger partial charge in [-0.05, 0) is 47.5 Å². The second-order valence-electron chi connectivity index (χ2n) is 6.39. The van der Waals surface area contributed by atoms with Crippen LogP contribution < -0.4 is 5.63 Å². The lowest BCUT2D eigenvalue weighted by Crippen LogP contribution is -2.12. The lowest BCUT2D eigenvalue weighted by atomic mass is 10.0. The summed E-state index contributed by atoms with van der Waals surface area (Å²) in [4.78, 5) is 24.1. The molecule has 3 rings (SSSR count). The highest BCUT2D eigenvalue weighted by Gasteiger charge is 2.21. The van der Waals surface area contributed by atoms with Crippen molar-refractivity contribution in [3.8, 4) is 28.7 Å². The van der Waals surface area contributed by atoms with Gasteiger partial charge in [-0.15, -0.1) is 0 Å². The quantitative estimate of drug-likeness (QED) is 0.266. The largest absolute Gasteiger partial charge is 0.507 e. The van der Waals surface area contributed by atoms with E-state index in [1.807, 2.05) is 0 Å². The van der Waals surface area contributed by atoms with Crippen LogP contribution in [0.5, 0.6) is 28.7 Å². The number of aromatic hydroxyl groups is 5. The molecule has 31 heavy (non-hydrogen) atoms. The van der Waals surface area contributed by atoms with Crippen molar-refractivity contribution in [1.82, 2.24) is 0 Å². The van der Waals surface area contributed by atoms with E-state index < -0.39 is 40.0 Å². The predicted molar refractivity (Wildman–Crippen MR) is 111 cm³/mol. The third-order valence-electron chi connectivity index (χ3n) is 4.20. The molecule has 0 atom stereocenters. The van der Waals surface area contributed by atoms with Crippen molar-refractivity contribution in [1.29, 1.82) is 0 Å². The average molecular weight is 424 g/mol. The molecule has 1 heterocycles. The molecule has 0 spiro atoms. The van der Waals surface area contributed by atoms with Crippen LogP contribution in [0, 0.1) is 0 Å². The number of carbonyl (C=O) groups is 1. The van der Waals surface area contributed by atoms with E-state index in [9.17, 15) is 40.2 Å². The molecule has 9 heteroatoms. The zero-order valence-corrected chi connectivity index (χ0v) is 15.7. The number of hydrogen-bond donors (Lipinski definition) is 6. The van der Waals surface area contributed by atoms with Crippen LogP contribution >= 0.6 is 0 Å². The minimum Gasteiger partial charge on any atom is -0.507 e. The van der Waals surface area contributed by atoms with E-state index >= 15 is 0 Å². The first-order valence-corrected chi connectivity index (χ1v) is 8.70. The highest BCUT2D eigenvalue weighted by Crippen LogP contribution is 2.30. The summed E-state index contributed by atoms with van der Waals surface area (Å²) in [5, 5.41) is 57.5. The Labute approximate surface area is 174 Å². The number of phenolic OH excluding ortho intramolecular Hbond substituents is 4. The Balaban J connectivity index is 2.01. The Morgan fingerprint density at radius 3 is 1.87 bits per heavy atom. The van der Waals surface area contributed by atoms with Crippen molar-refractivity contribution in [2.45, 2.75) is 0 Å². The summed E-state index contributed by atoms with van der Waals surface area (Å²) in [7, 11) is 0. The summed E-state index contributed by atoms with van der Waals surface area (Å²) in [5.74, 6) is -3.83. The number of phenols is 4. The van der Waals surface area contributed by atoms with Gasteiger partial charge >= 0.3 is 11.6 Å². The Bertz CT molecular complexity index is 1280. The molecule has 0 bridgehead atoms. The van der Waals surface area contributed by atoms with Gasteiger partial charge in [-0.1, -0.05) is 18.2 Å². The molecule has 0 saturated carbocycles. The Morgan fingerprint density at radius 2 is 1.32 bits per heavy atom. The first-order valence-electron chi connectivity index (χ1n) is 8.70. The molecule has 2 aromatic carbocycles. The fourth-order valence-electron chi connectivity index (χ4n) is 2.69. The summed E-state index contributed by atoms with van der Waals surface area (Å²) in [5.41, 5.74) is -1.69. The summed E-state index contributed by atoms with van der Waals surface area (Å²) < 4.78 is 5.07. The fourth-order valence-corrected chi connectivity index (χ4v) is 2.69. The van der Waals surface area contributed by atoms with E-state index in [-0.39, 0.29) is 22.8 Å². The van der Waals surface area contributed by atoms with Crippen LogP contribution in [0.2, 0.25) is 0 Å². The predicted octanol–water partition coefficient (Wildman–Crippen LogP) is 2.96. The molecular weight excluding hydrogens is 408 g/mol. The Morgan fingerprint density at radius 1 is 0.742 bits per heavy atom. The van der Waals surface area contributed by atoms with Crippen LogP contribution in [0.3, 0.4) is 0 Å². The SMILES string of the molecule is O=C(O)/C(=C\c1ccc(O)c(O)c1)c1c(O)cc(/C=C/c2ccc(O)c(O)c2)oc1=O. The monoisotopic (exact) mass is 424 g/mol. The lowest BCUT2D eigenvalue weighted by molar-refractivity contribution is -0.130. The molecule has 0 aliphatic heterocycles.